The first kappa shape index (κ1) is 17.3. The normalized spacial score (nSPS) is 14.2. The molecule has 2 aromatic carbocycles. The first-order valence-corrected chi connectivity index (χ1v) is 8.83. The van der Waals surface area contributed by atoms with Gasteiger partial charge in [0.05, 0.1) is 7.11 Å². The van der Waals surface area contributed by atoms with Crippen LogP contribution in [0.2, 0.25) is 0 Å². The lowest BCUT2D eigenvalue weighted by Crippen LogP contribution is -2.35. The van der Waals surface area contributed by atoms with Gasteiger partial charge in [-0.3, -0.25) is 4.79 Å². The number of aryl methyl sites for hydroxylation is 1. The van der Waals surface area contributed by atoms with Crippen molar-refractivity contribution in [3.63, 3.8) is 0 Å². The monoisotopic (exact) mass is 339 g/mol. The molecule has 0 bridgehead atoms. The average Bonchev–Trinajstić information content (AvgIpc) is 2.67. The lowest BCUT2D eigenvalue weighted by Gasteiger charge is -2.27. The van der Waals surface area contributed by atoms with Gasteiger partial charge in [-0.05, 0) is 56.5 Å². The zero-order valence-electron chi connectivity index (χ0n) is 15.0. The van der Waals surface area contributed by atoms with E-state index in [1.807, 2.05) is 54.3 Å². The summed E-state index contributed by atoms with van der Waals surface area (Å²) in [5.74, 6) is 1.64. The van der Waals surface area contributed by atoms with Gasteiger partial charge in [0, 0.05) is 24.2 Å². The fraction of sp³-hybridized carbons (Fsp3) is 0.381. The number of rotatable bonds is 5. The summed E-state index contributed by atoms with van der Waals surface area (Å²) in [6, 6.07) is 13.5. The van der Waals surface area contributed by atoms with Crippen molar-refractivity contribution in [1.82, 2.24) is 4.90 Å². The van der Waals surface area contributed by atoms with E-state index in [9.17, 15) is 4.79 Å². The number of nitrogens with zero attached hydrogens (tertiary/aromatic N) is 1. The number of hydrogen-bond acceptors (Lipinski definition) is 3. The first-order chi connectivity index (χ1) is 12.2. The number of hydrogen-bond donors (Lipinski definition) is 0. The molecule has 25 heavy (non-hydrogen) atoms. The molecule has 1 amide bonds. The molecular formula is C21H25NO3. The molecule has 2 aromatic rings. The fourth-order valence-electron chi connectivity index (χ4n) is 3.10. The Balaban J connectivity index is 1.75. The van der Waals surface area contributed by atoms with Crippen LogP contribution in [0, 0.1) is 6.92 Å². The van der Waals surface area contributed by atoms with E-state index in [4.69, 9.17) is 9.47 Å². The summed E-state index contributed by atoms with van der Waals surface area (Å²) in [5.41, 5.74) is 2.77. The highest BCUT2D eigenvalue weighted by molar-refractivity contribution is 5.94. The highest BCUT2D eigenvalue weighted by Crippen LogP contribution is 2.24. The van der Waals surface area contributed by atoms with Gasteiger partial charge in [0.1, 0.15) is 18.1 Å². The van der Waals surface area contributed by atoms with Crippen molar-refractivity contribution in [2.24, 2.45) is 0 Å². The number of ether oxygens (including phenoxy) is 2. The van der Waals surface area contributed by atoms with Crippen LogP contribution in [-0.2, 0) is 6.61 Å². The second-order valence-electron chi connectivity index (χ2n) is 6.48. The van der Waals surface area contributed by atoms with Crippen LogP contribution in [0.4, 0.5) is 0 Å². The standard InChI is InChI=1S/C21H25NO3/c1-16-6-9-19(10-7-16)25-15-18-14-17(8-11-20(18)24-2)21(23)22-12-4-3-5-13-22/h6-11,14H,3-5,12-13,15H2,1-2H3. The lowest BCUT2D eigenvalue weighted by molar-refractivity contribution is 0.0724. The molecule has 132 valence electrons. The molecule has 0 radical (unpaired) electrons. The SMILES string of the molecule is COc1ccc(C(=O)N2CCCCC2)cc1COc1ccc(C)cc1. The molecule has 0 unspecified atom stereocenters. The number of benzene rings is 2. The largest absolute Gasteiger partial charge is 0.496 e. The maximum atomic E-state index is 12.7. The van der Waals surface area contributed by atoms with E-state index < -0.39 is 0 Å². The van der Waals surface area contributed by atoms with Gasteiger partial charge < -0.3 is 14.4 Å². The minimum absolute atomic E-state index is 0.0962. The fourth-order valence-corrected chi connectivity index (χ4v) is 3.10. The first-order valence-electron chi connectivity index (χ1n) is 8.83. The van der Waals surface area contributed by atoms with Crippen LogP contribution in [0.3, 0.4) is 0 Å². The van der Waals surface area contributed by atoms with Gasteiger partial charge in [-0.25, -0.2) is 0 Å². The van der Waals surface area contributed by atoms with Crippen LogP contribution >= 0.6 is 0 Å². The molecule has 1 heterocycles. The zero-order valence-corrected chi connectivity index (χ0v) is 15.0. The Morgan fingerprint density at radius 2 is 1.76 bits per heavy atom. The van der Waals surface area contributed by atoms with Gasteiger partial charge in [0.2, 0.25) is 0 Å². The van der Waals surface area contributed by atoms with Gasteiger partial charge in [0.15, 0.2) is 0 Å². The van der Waals surface area contributed by atoms with Crippen LogP contribution < -0.4 is 9.47 Å². The lowest BCUT2D eigenvalue weighted by atomic mass is 10.1. The van der Waals surface area contributed by atoms with Crippen LogP contribution in [-0.4, -0.2) is 31.0 Å². The van der Waals surface area contributed by atoms with Crippen molar-refractivity contribution in [3.05, 3.63) is 59.2 Å². The highest BCUT2D eigenvalue weighted by atomic mass is 16.5. The minimum Gasteiger partial charge on any atom is -0.496 e. The Hall–Kier alpha value is -2.49. The number of methoxy groups -OCH3 is 1. The van der Waals surface area contributed by atoms with E-state index in [0.717, 1.165) is 43.0 Å². The summed E-state index contributed by atoms with van der Waals surface area (Å²) in [7, 11) is 1.64. The Morgan fingerprint density at radius 3 is 2.44 bits per heavy atom. The number of amides is 1. The third kappa shape index (κ3) is 4.32. The topological polar surface area (TPSA) is 38.8 Å². The Labute approximate surface area is 149 Å². The molecule has 3 rings (SSSR count). The third-order valence-electron chi connectivity index (χ3n) is 4.59. The molecule has 1 aliphatic heterocycles. The summed E-state index contributed by atoms with van der Waals surface area (Å²) in [4.78, 5) is 14.6. The number of piperidine rings is 1. The van der Waals surface area contributed by atoms with Crippen LogP contribution in [0.25, 0.3) is 0 Å². The molecule has 0 aromatic heterocycles. The van der Waals surface area contributed by atoms with Gasteiger partial charge >= 0.3 is 0 Å². The maximum Gasteiger partial charge on any atom is 0.253 e. The predicted octanol–water partition coefficient (Wildman–Crippen LogP) is 4.21. The van der Waals surface area contributed by atoms with Crippen molar-refractivity contribution in [1.29, 1.82) is 0 Å². The molecule has 0 saturated carbocycles. The third-order valence-corrected chi connectivity index (χ3v) is 4.59. The second kappa shape index (κ2) is 8.06. The molecule has 0 spiro atoms. The van der Waals surface area contributed by atoms with E-state index in [-0.39, 0.29) is 5.91 Å². The van der Waals surface area contributed by atoms with Crippen molar-refractivity contribution in [2.75, 3.05) is 20.2 Å². The average molecular weight is 339 g/mol. The quantitative estimate of drug-likeness (QED) is 0.819. The van der Waals surface area contributed by atoms with Crippen LogP contribution in [0.5, 0.6) is 11.5 Å². The molecule has 0 aliphatic carbocycles. The van der Waals surface area contributed by atoms with Crippen LogP contribution in [0.1, 0.15) is 40.7 Å². The van der Waals surface area contributed by atoms with Gasteiger partial charge in [-0.1, -0.05) is 17.7 Å². The summed E-state index contributed by atoms with van der Waals surface area (Å²) in [5, 5.41) is 0. The van der Waals surface area contributed by atoms with Crippen molar-refractivity contribution in [2.45, 2.75) is 32.8 Å². The Morgan fingerprint density at radius 1 is 1.04 bits per heavy atom. The van der Waals surface area contributed by atoms with E-state index in [0.29, 0.717) is 12.2 Å². The van der Waals surface area contributed by atoms with Crippen molar-refractivity contribution in [3.8, 4) is 11.5 Å². The Bertz CT molecular complexity index is 718. The predicted molar refractivity (Wildman–Crippen MR) is 98.3 cm³/mol. The molecule has 0 N–H and O–H groups in total. The maximum absolute atomic E-state index is 12.7. The van der Waals surface area contributed by atoms with Gasteiger partial charge in [-0.15, -0.1) is 0 Å². The molecular weight excluding hydrogens is 314 g/mol. The highest BCUT2D eigenvalue weighted by Gasteiger charge is 2.19. The molecule has 0 atom stereocenters. The smallest absolute Gasteiger partial charge is 0.253 e. The molecule has 1 saturated heterocycles. The second-order valence-corrected chi connectivity index (χ2v) is 6.48. The molecule has 1 fully saturated rings. The Kier molecular flexibility index (Phi) is 5.59. The summed E-state index contributed by atoms with van der Waals surface area (Å²) >= 11 is 0. The number of likely N-dealkylation sites (tertiary alicyclic amines) is 1. The van der Waals surface area contributed by atoms with E-state index in [1.165, 1.54) is 12.0 Å². The molecule has 4 nitrogen and oxygen atoms in total. The summed E-state index contributed by atoms with van der Waals surface area (Å²) in [6.45, 7) is 4.11. The number of carbonyl (C=O) groups excluding carboxylic acids is 1. The zero-order chi connectivity index (χ0) is 17.6. The van der Waals surface area contributed by atoms with E-state index in [2.05, 4.69) is 0 Å². The van der Waals surface area contributed by atoms with Gasteiger partial charge in [0.25, 0.3) is 5.91 Å². The van der Waals surface area contributed by atoms with Crippen LogP contribution in [0.15, 0.2) is 42.5 Å². The summed E-state index contributed by atoms with van der Waals surface area (Å²) in [6.07, 6.45) is 3.39. The minimum atomic E-state index is 0.0962. The molecule has 4 heteroatoms. The van der Waals surface area contributed by atoms with Crippen molar-refractivity contribution >= 4 is 5.91 Å². The van der Waals surface area contributed by atoms with E-state index >= 15 is 0 Å². The van der Waals surface area contributed by atoms with E-state index in [1.54, 1.807) is 7.11 Å². The molecule has 1 aliphatic rings. The number of carbonyl (C=O) groups is 1. The summed E-state index contributed by atoms with van der Waals surface area (Å²) < 4.78 is 11.3. The van der Waals surface area contributed by atoms with Crippen molar-refractivity contribution < 1.29 is 14.3 Å². The van der Waals surface area contributed by atoms with Gasteiger partial charge in [-0.2, -0.15) is 0 Å².